The van der Waals surface area contributed by atoms with Crippen molar-refractivity contribution in [2.24, 2.45) is 16.2 Å². The van der Waals surface area contributed by atoms with E-state index in [-0.39, 0.29) is 21.0 Å². The summed E-state index contributed by atoms with van der Waals surface area (Å²) in [6.45, 7) is 21.4. The van der Waals surface area contributed by atoms with Gasteiger partial charge in [-0.05, 0) is 46.1 Å². The SMILES string of the molecule is CCSC1(C(C)(C)C2=CCC=C2)CC=C(C(C)(C)C)C=C1C(C)(C)C. The first-order valence-corrected chi connectivity index (χ1v) is 10.8. The molecule has 2 rings (SSSR count). The summed E-state index contributed by atoms with van der Waals surface area (Å²) in [5.41, 5.74) is 5.10. The zero-order valence-corrected chi connectivity index (χ0v) is 18.7. The third-order valence-electron chi connectivity index (χ3n) is 5.91. The lowest BCUT2D eigenvalue weighted by atomic mass is 9.59. The van der Waals surface area contributed by atoms with Gasteiger partial charge in [0.2, 0.25) is 0 Å². The van der Waals surface area contributed by atoms with E-state index in [2.05, 4.69) is 104 Å². The predicted molar refractivity (Wildman–Crippen MR) is 116 cm³/mol. The number of hydrogen-bond donors (Lipinski definition) is 0. The Hall–Kier alpha value is -0.690. The van der Waals surface area contributed by atoms with Crippen LogP contribution in [0.3, 0.4) is 0 Å². The molecular formula is C24H38S. The van der Waals surface area contributed by atoms with E-state index in [1.165, 1.54) is 11.1 Å². The van der Waals surface area contributed by atoms with Crippen LogP contribution >= 0.6 is 11.8 Å². The number of hydrogen-bond acceptors (Lipinski definition) is 1. The Bertz CT molecular complexity index is 626. The Labute approximate surface area is 160 Å². The Balaban J connectivity index is 2.66. The van der Waals surface area contributed by atoms with Crippen molar-refractivity contribution in [1.82, 2.24) is 0 Å². The van der Waals surface area contributed by atoms with E-state index in [1.54, 1.807) is 5.57 Å². The molecule has 0 N–H and O–H groups in total. The van der Waals surface area contributed by atoms with Gasteiger partial charge in [-0.2, -0.15) is 0 Å². The van der Waals surface area contributed by atoms with Crippen molar-refractivity contribution in [2.75, 3.05) is 5.75 Å². The smallest absolute Gasteiger partial charge is 0.0501 e. The molecule has 0 saturated carbocycles. The van der Waals surface area contributed by atoms with Crippen LogP contribution < -0.4 is 0 Å². The number of rotatable bonds is 4. The molecule has 2 aliphatic carbocycles. The van der Waals surface area contributed by atoms with Gasteiger partial charge in [-0.1, -0.05) is 92.7 Å². The first-order chi connectivity index (χ1) is 11.4. The molecule has 0 saturated heterocycles. The minimum Gasteiger partial charge on any atom is -0.150 e. The minimum atomic E-state index is 0.111. The van der Waals surface area contributed by atoms with Crippen LogP contribution in [-0.4, -0.2) is 10.5 Å². The summed E-state index contributed by atoms with van der Waals surface area (Å²) in [4.78, 5) is 0. The topological polar surface area (TPSA) is 0 Å². The zero-order chi connectivity index (χ0) is 19.1. The van der Waals surface area contributed by atoms with Crippen molar-refractivity contribution in [2.45, 2.75) is 79.9 Å². The molecule has 0 aromatic rings. The van der Waals surface area contributed by atoms with Gasteiger partial charge in [-0.25, -0.2) is 0 Å². The lowest BCUT2D eigenvalue weighted by Crippen LogP contribution is -2.49. The second-order valence-corrected chi connectivity index (χ2v) is 11.7. The van der Waals surface area contributed by atoms with E-state index in [0.29, 0.717) is 0 Å². The average Bonchev–Trinajstić information content (AvgIpc) is 3.00. The van der Waals surface area contributed by atoms with Crippen LogP contribution in [0.2, 0.25) is 0 Å². The van der Waals surface area contributed by atoms with Gasteiger partial charge in [-0.3, -0.25) is 0 Å². The van der Waals surface area contributed by atoms with Gasteiger partial charge in [0.15, 0.2) is 0 Å². The maximum absolute atomic E-state index is 2.55. The summed E-state index contributed by atoms with van der Waals surface area (Å²) in [7, 11) is 0. The normalized spacial score (nSPS) is 24.9. The van der Waals surface area contributed by atoms with Crippen molar-refractivity contribution in [3.05, 3.63) is 47.1 Å². The Morgan fingerprint density at radius 1 is 0.920 bits per heavy atom. The monoisotopic (exact) mass is 358 g/mol. The first-order valence-electron chi connectivity index (χ1n) is 9.80. The molecule has 0 bridgehead atoms. The van der Waals surface area contributed by atoms with Crippen molar-refractivity contribution >= 4 is 11.8 Å². The quantitative estimate of drug-likeness (QED) is 0.495. The summed E-state index contributed by atoms with van der Waals surface area (Å²) < 4.78 is 0.120. The van der Waals surface area contributed by atoms with Crippen molar-refractivity contribution in [3.8, 4) is 0 Å². The average molecular weight is 359 g/mol. The van der Waals surface area contributed by atoms with Crippen LogP contribution in [0.15, 0.2) is 47.1 Å². The van der Waals surface area contributed by atoms with E-state index < -0.39 is 0 Å². The van der Waals surface area contributed by atoms with E-state index in [0.717, 1.165) is 18.6 Å². The van der Waals surface area contributed by atoms with E-state index in [9.17, 15) is 0 Å². The summed E-state index contributed by atoms with van der Waals surface area (Å²) in [6, 6.07) is 0. The molecule has 25 heavy (non-hydrogen) atoms. The molecule has 0 amide bonds. The molecule has 2 aliphatic rings. The van der Waals surface area contributed by atoms with Crippen molar-refractivity contribution < 1.29 is 0 Å². The fourth-order valence-corrected chi connectivity index (χ4v) is 6.04. The number of thioether (sulfide) groups is 1. The van der Waals surface area contributed by atoms with E-state index in [4.69, 9.17) is 0 Å². The molecule has 0 fully saturated rings. The highest BCUT2D eigenvalue weighted by Crippen LogP contribution is 2.60. The highest BCUT2D eigenvalue weighted by atomic mass is 32.2. The highest BCUT2D eigenvalue weighted by molar-refractivity contribution is 8.00. The molecule has 0 spiro atoms. The van der Waals surface area contributed by atoms with Crippen molar-refractivity contribution in [3.63, 3.8) is 0 Å². The molecule has 0 nitrogen and oxygen atoms in total. The molecule has 1 heteroatoms. The summed E-state index contributed by atoms with van der Waals surface area (Å²) in [5.74, 6) is 1.15. The Morgan fingerprint density at radius 2 is 1.56 bits per heavy atom. The predicted octanol–water partition coefficient (Wildman–Crippen LogP) is 7.74. The maximum Gasteiger partial charge on any atom is 0.0501 e. The molecule has 1 atom stereocenters. The minimum absolute atomic E-state index is 0.111. The summed E-state index contributed by atoms with van der Waals surface area (Å²) in [6.07, 6.45) is 14.4. The van der Waals surface area contributed by atoms with Crippen LogP contribution in [0.5, 0.6) is 0 Å². The van der Waals surface area contributed by atoms with Crippen LogP contribution in [0.4, 0.5) is 0 Å². The van der Waals surface area contributed by atoms with Gasteiger partial charge in [0, 0.05) is 5.41 Å². The Morgan fingerprint density at radius 3 is 2.00 bits per heavy atom. The highest BCUT2D eigenvalue weighted by Gasteiger charge is 2.52. The van der Waals surface area contributed by atoms with Gasteiger partial charge < -0.3 is 0 Å². The summed E-state index contributed by atoms with van der Waals surface area (Å²) >= 11 is 2.15. The lowest BCUT2D eigenvalue weighted by Gasteiger charge is -2.54. The van der Waals surface area contributed by atoms with Gasteiger partial charge in [-0.15, -0.1) is 11.8 Å². The second-order valence-electron chi connectivity index (χ2n) is 10.1. The fraction of sp³-hybridized carbons (Fsp3) is 0.667. The van der Waals surface area contributed by atoms with Gasteiger partial charge in [0.1, 0.15) is 0 Å². The van der Waals surface area contributed by atoms with Gasteiger partial charge in [0.05, 0.1) is 4.75 Å². The standard InChI is InChI=1S/C24H38S/c1-10-25-24(23(8,9)18-13-11-12-14-18)16-15-19(21(2,3)4)17-20(24)22(5,6)7/h11,13-15,17H,10,12,16H2,1-9H3. The zero-order valence-electron chi connectivity index (χ0n) is 17.9. The van der Waals surface area contributed by atoms with Crippen LogP contribution in [0, 0.1) is 16.2 Å². The Kier molecular flexibility index (Phi) is 5.61. The van der Waals surface area contributed by atoms with Crippen LogP contribution in [0.1, 0.15) is 75.2 Å². The van der Waals surface area contributed by atoms with Crippen LogP contribution in [-0.2, 0) is 0 Å². The van der Waals surface area contributed by atoms with Gasteiger partial charge >= 0.3 is 0 Å². The fourth-order valence-electron chi connectivity index (χ4n) is 4.35. The van der Waals surface area contributed by atoms with E-state index >= 15 is 0 Å². The molecule has 0 aromatic carbocycles. The molecular weight excluding hydrogens is 320 g/mol. The van der Waals surface area contributed by atoms with E-state index in [1.807, 2.05) is 0 Å². The largest absolute Gasteiger partial charge is 0.150 e. The first kappa shape index (κ1) is 20.6. The lowest BCUT2D eigenvalue weighted by molar-refractivity contribution is 0.297. The third-order valence-corrected chi connectivity index (χ3v) is 7.59. The summed E-state index contributed by atoms with van der Waals surface area (Å²) in [5, 5.41) is 0. The molecule has 0 aromatic heterocycles. The number of allylic oxidation sites excluding steroid dienone is 7. The van der Waals surface area contributed by atoms with Crippen LogP contribution in [0.25, 0.3) is 0 Å². The van der Waals surface area contributed by atoms with Gasteiger partial charge in [0.25, 0.3) is 0 Å². The third kappa shape index (κ3) is 3.72. The molecule has 1 unspecified atom stereocenters. The molecule has 0 radical (unpaired) electrons. The molecule has 0 heterocycles. The molecule has 0 aliphatic heterocycles. The van der Waals surface area contributed by atoms with Crippen molar-refractivity contribution in [1.29, 1.82) is 0 Å². The second kappa shape index (κ2) is 6.80. The molecule has 140 valence electrons. The maximum atomic E-state index is 2.55.